The fourth-order valence-corrected chi connectivity index (χ4v) is 4.58. The Bertz CT molecular complexity index is 1650. The van der Waals surface area contributed by atoms with E-state index in [-0.39, 0.29) is 11.8 Å². The zero-order chi connectivity index (χ0) is 31.8. The van der Waals surface area contributed by atoms with Gasteiger partial charge in [0.05, 0.1) is 11.4 Å². The summed E-state index contributed by atoms with van der Waals surface area (Å²) in [6.07, 6.45) is 0. The van der Waals surface area contributed by atoms with Gasteiger partial charge in [0.25, 0.3) is 11.8 Å². The monoisotopic (exact) mass is 596 g/mol. The standard InChI is InChI=1S/C37H36N6O2/c1-42(2)33-22-14-28(15-23-33)36(44)38-30-18-10-26(11-19-30)35(41-40-32-8-6-5-7-9-32)27-12-20-31(21-13-27)39-37(45)29-16-24-34(25-17-29)43(3)4/h5-25,40H,1-4H3,(H,38,44)(H,39,45). The van der Waals surface area contributed by atoms with E-state index in [1.165, 1.54) is 0 Å². The van der Waals surface area contributed by atoms with E-state index in [0.717, 1.165) is 28.2 Å². The predicted molar refractivity (Wildman–Crippen MR) is 186 cm³/mol. The van der Waals surface area contributed by atoms with Gasteiger partial charge in [0.15, 0.2) is 0 Å². The van der Waals surface area contributed by atoms with Gasteiger partial charge in [-0.05, 0) is 84.9 Å². The van der Waals surface area contributed by atoms with E-state index in [0.29, 0.717) is 28.2 Å². The predicted octanol–water partition coefficient (Wildman–Crippen LogP) is 7.19. The highest BCUT2D eigenvalue weighted by Gasteiger charge is 2.12. The Labute approximate surface area is 264 Å². The molecule has 226 valence electrons. The smallest absolute Gasteiger partial charge is 0.255 e. The summed E-state index contributed by atoms with van der Waals surface area (Å²) in [5.74, 6) is -0.363. The molecule has 0 aliphatic rings. The lowest BCUT2D eigenvalue weighted by atomic mass is 10.0. The van der Waals surface area contributed by atoms with Crippen LogP contribution in [0.1, 0.15) is 31.8 Å². The van der Waals surface area contributed by atoms with Gasteiger partial charge in [0.1, 0.15) is 0 Å². The van der Waals surface area contributed by atoms with Crippen LogP contribution in [-0.2, 0) is 0 Å². The van der Waals surface area contributed by atoms with Gasteiger partial charge in [-0.1, -0.05) is 42.5 Å². The van der Waals surface area contributed by atoms with Crippen molar-refractivity contribution in [1.82, 2.24) is 0 Å². The molecule has 0 aromatic heterocycles. The fourth-order valence-electron chi connectivity index (χ4n) is 4.58. The first kappa shape index (κ1) is 30.6. The van der Waals surface area contributed by atoms with E-state index in [9.17, 15) is 9.59 Å². The SMILES string of the molecule is CN(C)c1ccc(C(=O)Nc2ccc(C(=NNc3ccccc3)c3ccc(NC(=O)c4ccc(N(C)C)cc4)cc3)cc2)cc1. The number of nitrogens with one attached hydrogen (secondary N) is 3. The molecule has 45 heavy (non-hydrogen) atoms. The summed E-state index contributed by atoms with van der Waals surface area (Å²) in [4.78, 5) is 29.7. The molecule has 0 bridgehead atoms. The van der Waals surface area contributed by atoms with Gasteiger partial charge < -0.3 is 20.4 Å². The molecule has 0 saturated heterocycles. The van der Waals surface area contributed by atoms with E-state index >= 15 is 0 Å². The number of benzene rings is 5. The van der Waals surface area contributed by atoms with Crippen LogP contribution in [0.15, 0.2) is 132 Å². The summed E-state index contributed by atoms with van der Waals surface area (Å²) in [6, 6.07) is 39.7. The number of para-hydroxylation sites is 1. The summed E-state index contributed by atoms with van der Waals surface area (Å²) in [5, 5.41) is 10.7. The first-order valence-corrected chi connectivity index (χ1v) is 14.5. The summed E-state index contributed by atoms with van der Waals surface area (Å²) < 4.78 is 0. The molecule has 5 aromatic carbocycles. The largest absolute Gasteiger partial charge is 0.378 e. The van der Waals surface area contributed by atoms with Gasteiger partial charge in [0, 0.05) is 73.2 Å². The first-order chi connectivity index (χ1) is 21.8. The number of nitrogens with zero attached hydrogens (tertiary/aromatic N) is 3. The third-order valence-corrected chi connectivity index (χ3v) is 7.19. The maximum atomic E-state index is 12.8. The molecule has 8 heteroatoms. The molecule has 0 fully saturated rings. The molecular formula is C37H36N6O2. The quantitative estimate of drug-likeness (QED) is 0.117. The molecule has 5 rings (SSSR count). The Morgan fingerprint density at radius 2 is 0.844 bits per heavy atom. The highest BCUT2D eigenvalue weighted by atomic mass is 16.2. The van der Waals surface area contributed by atoms with Gasteiger partial charge >= 0.3 is 0 Å². The molecule has 0 saturated carbocycles. The van der Waals surface area contributed by atoms with Crippen molar-refractivity contribution >= 4 is 46.0 Å². The van der Waals surface area contributed by atoms with Gasteiger partial charge in [0.2, 0.25) is 0 Å². The summed E-state index contributed by atoms with van der Waals surface area (Å²) in [7, 11) is 7.84. The van der Waals surface area contributed by atoms with E-state index in [2.05, 4.69) is 16.1 Å². The van der Waals surface area contributed by atoms with Crippen molar-refractivity contribution in [3.05, 3.63) is 150 Å². The molecule has 0 spiro atoms. The number of hydrogen-bond acceptors (Lipinski definition) is 6. The van der Waals surface area contributed by atoms with Crippen molar-refractivity contribution in [3.8, 4) is 0 Å². The van der Waals surface area contributed by atoms with Crippen molar-refractivity contribution in [2.45, 2.75) is 0 Å². The lowest BCUT2D eigenvalue weighted by Crippen LogP contribution is -2.14. The molecule has 0 atom stereocenters. The summed E-state index contributed by atoms with van der Waals surface area (Å²) >= 11 is 0. The van der Waals surface area contributed by atoms with Crippen LogP contribution in [0, 0.1) is 0 Å². The van der Waals surface area contributed by atoms with Crippen molar-refractivity contribution < 1.29 is 9.59 Å². The van der Waals surface area contributed by atoms with Gasteiger partial charge in [-0.15, -0.1) is 0 Å². The highest BCUT2D eigenvalue weighted by molar-refractivity contribution is 6.14. The third-order valence-electron chi connectivity index (χ3n) is 7.19. The van der Waals surface area contributed by atoms with E-state index in [1.807, 2.05) is 165 Å². The second-order valence-corrected chi connectivity index (χ2v) is 10.9. The molecule has 5 aromatic rings. The van der Waals surface area contributed by atoms with Crippen molar-refractivity contribution in [2.75, 3.05) is 54.0 Å². The third kappa shape index (κ3) is 7.94. The molecule has 0 unspecified atom stereocenters. The number of rotatable bonds is 10. The number of amides is 2. The van der Waals surface area contributed by atoms with E-state index in [1.54, 1.807) is 0 Å². The molecule has 0 heterocycles. The lowest BCUT2D eigenvalue weighted by Gasteiger charge is -2.13. The van der Waals surface area contributed by atoms with Crippen LogP contribution in [0.3, 0.4) is 0 Å². The lowest BCUT2D eigenvalue weighted by molar-refractivity contribution is 0.101. The van der Waals surface area contributed by atoms with Crippen molar-refractivity contribution in [2.24, 2.45) is 5.10 Å². The Hall–Kier alpha value is -5.89. The number of hydrazone groups is 1. The highest BCUT2D eigenvalue weighted by Crippen LogP contribution is 2.20. The van der Waals surface area contributed by atoms with Gasteiger partial charge in [-0.2, -0.15) is 5.10 Å². The van der Waals surface area contributed by atoms with E-state index in [4.69, 9.17) is 5.10 Å². The minimum absolute atomic E-state index is 0.182. The molecule has 0 aliphatic heterocycles. The normalized spacial score (nSPS) is 10.4. The minimum atomic E-state index is -0.182. The van der Waals surface area contributed by atoms with E-state index < -0.39 is 0 Å². The van der Waals surface area contributed by atoms with Crippen LogP contribution in [0.5, 0.6) is 0 Å². The van der Waals surface area contributed by atoms with Crippen LogP contribution in [0.4, 0.5) is 28.4 Å². The Kier molecular flexibility index (Phi) is 9.55. The topological polar surface area (TPSA) is 89.1 Å². The maximum Gasteiger partial charge on any atom is 0.255 e. The second-order valence-electron chi connectivity index (χ2n) is 10.9. The van der Waals surface area contributed by atoms with Gasteiger partial charge in [-0.25, -0.2) is 0 Å². The molecule has 3 N–H and O–H groups in total. The minimum Gasteiger partial charge on any atom is -0.378 e. The molecule has 2 amide bonds. The first-order valence-electron chi connectivity index (χ1n) is 14.5. The Morgan fingerprint density at radius 3 is 1.22 bits per heavy atom. The number of hydrogen-bond donors (Lipinski definition) is 3. The van der Waals surface area contributed by atoms with Crippen LogP contribution >= 0.6 is 0 Å². The summed E-state index contributed by atoms with van der Waals surface area (Å²) in [6.45, 7) is 0. The molecule has 0 radical (unpaired) electrons. The van der Waals surface area contributed by atoms with Crippen LogP contribution in [0.25, 0.3) is 0 Å². The molecular weight excluding hydrogens is 560 g/mol. The summed E-state index contributed by atoms with van der Waals surface area (Å²) in [5.41, 5.74) is 11.0. The molecule has 0 aliphatic carbocycles. The average Bonchev–Trinajstić information content (AvgIpc) is 3.06. The Balaban J connectivity index is 1.33. The molecule has 8 nitrogen and oxygen atoms in total. The zero-order valence-electron chi connectivity index (χ0n) is 25.8. The van der Waals surface area contributed by atoms with Gasteiger partial charge in [-0.3, -0.25) is 15.0 Å². The number of carbonyl (C=O) groups is 2. The Morgan fingerprint density at radius 1 is 0.467 bits per heavy atom. The average molecular weight is 597 g/mol. The zero-order valence-corrected chi connectivity index (χ0v) is 25.8. The fraction of sp³-hybridized carbons (Fsp3) is 0.108. The maximum absolute atomic E-state index is 12.8. The van der Waals surface area contributed by atoms with Crippen LogP contribution in [-0.4, -0.2) is 45.7 Å². The number of carbonyl (C=O) groups excluding carboxylic acids is 2. The van der Waals surface area contributed by atoms with Crippen LogP contribution < -0.4 is 25.9 Å². The van der Waals surface area contributed by atoms with Crippen molar-refractivity contribution in [1.29, 1.82) is 0 Å². The van der Waals surface area contributed by atoms with Crippen molar-refractivity contribution in [3.63, 3.8) is 0 Å². The van der Waals surface area contributed by atoms with Crippen LogP contribution in [0.2, 0.25) is 0 Å². The number of anilines is 5. The second kappa shape index (κ2) is 14.1.